The van der Waals surface area contributed by atoms with Crippen molar-refractivity contribution in [1.82, 2.24) is 20.2 Å². The van der Waals surface area contributed by atoms with Crippen LogP contribution in [0.1, 0.15) is 173 Å². The second-order valence-electron chi connectivity index (χ2n) is 19.1. The van der Waals surface area contributed by atoms with Gasteiger partial charge in [-0.05, 0) is 130 Å². The second kappa shape index (κ2) is 13.5. The Morgan fingerprint density at radius 1 is 0.731 bits per heavy atom. The number of nitrogens with zero attached hydrogens (tertiary/aromatic N) is 2. The standard InChI is InChI=1S/C46H64N4O2/c1-29(2)31-12-16-35-33(24-31)14-18-37-43(5,20-10-22-45(35,37)7)26-47-41(51)39-40(50(9)28-49-39)42(52)48-27-44(6)21-11-23-46(8)36-17-13-32(30(3)4)25-34(36)15-19-38(44)46/h12-13,16-17,24-25,28-30,37-38H,10-11,14-15,18-23,26-27H2,1-9H3,(H,47,51)(H,48,52)/t37-,38-,43-,44-,45+,46+/m0/s1. The summed E-state index contributed by atoms with van der Waals surface area (Å²) in [6, 6.07) is 14.4. The largest absolute Gasteiger partial charge is 0.350 e. The highest BCUT2D eigenvalue weighted by molar-refractivity contribution is 6.05. The Morgan fingerprint density at radius 2 is 1.19 bits per heavy atom. The minimum atomic E-state index is -0.252. The van der Waals surface area contributed by atoms with E-state index in [9.17, 15) is 9.59 Å². The Balaban J connectivity index is 1.04. The smallest absolute Gasteiger partial charge is 0.272 e. The maximum atomic E-state index is 14.0. The number of hydrogen-bond donors (Lipinski definition) is 2. The van der Waals surface area contributed by atoms with Crippen molar-refractivity contribution < 1.29 is 9.59 Å². The van der Waals surface area contributed by atoms with E-state index >= 15 is 0 Å². The lowest BCUT2D eigenvalue weighted by atomic mass is 9.49. The third-order valence-electron chi connectivity index (χ3n) is 15.0. The molecule has 0 saturated heterocycles. The molecule has 2 aromatic carbocycles. The topological polar surface area (TPSA) is 76.0 Å². The van der Waals surface area contributed by atoms with Gasteiger partial charge in [-0.1, -0.05) is 105 Å². The molecule has 6 nitrogen and oxygen atoms in total. The number of carbonyl (C=O) groups is 2. The van der Waals surface area contributed by atoms with Crippen LogP contribution in [0.2, 0.25) is 0 Å². The van der Waals surface area contributed by atoms with E-state index in [1.54, 1.807) is 10.9 Å². The van der Waals surface area contributed by atoms with Gasteiger partial charge < -0.3 is 15.2 Å². The average molecular weight is 705 g/mol. The molecule has 2 saturated carbocycles. The third kappa shape index (κ3) is 6.14. The highest BCUT2D eigenvalue weighted by Crippen LogP contribution is 2.58. The highest BCUT2D eigenvalue weighted by atomic mass is 16.2. The zero-order chi connectivity index (χ0) is 37.2. The van der Waals surface area contributed by atoms with Crippen molar-refractivity contribution in [3.8, 4) is 0 Å². The summed E-state index contributed by atoms with van der Waals surface area (Å²) < 4.78 is 1.71. The maximum absolute atomic E-state index is 14.0. The summed E-state index contributed by atoms with van der Waals surface area (Å²) in [5.74, 6) is 1.55. The average Bonchev–Trinajstić information content (AvgIpc) is 3.50. The van der Waals surface area contributed by atoms with Gasteiger partial charge in [0.1, 0.15) is 5.69 Å². The first-order chi connectivity index (χ1) is 24.6. The molecule has 3 aromatic rings. The molecule has 2 amide bonds. The molecule has 52 heavy (non-hydrogen) atoms. The maximum Gasteiger partial charge on any atom is 0.272 e. The molecular formula is C46H64N4O2. The van der Waals surface area contributed by atoms with Gasteiger partial charge in [0.25, 0.3) is 11.8 Å². The molecule has 0 aliphatic heterocycles. The summed E-state index contributed by atoms with van der Waals surface area (Å²) in [5, 5.41) is 6.62. The number of nitrogens with one attached hydrogen (secondary N) is 2. The van der Waals surface area contributed by atoms with Crippen molar-refractivity contribution in [2.45, 2.75) is 142 Å². The van der Waals surface area contributed by atoms with Crippen LogP contribution in [0.15, 0.2) is 42.7 Å². The highest BCUT2D eigenvalue weighted by Gasteiger charge is 2.53. The Kier molecular flexibility index (Phi) is 9.56. The fourth-order valence-electron chi connectivity index (χ4n) is 12.0. The molecule has 2 N–H and O–H groups in total. The molecule has 4 aliphatic rings. The van der Waals surface area contributed by atoms with Crippen molar-refractivity contribution in [2.24, 2.45) is 29.7 Å². The number of carbonyl (C=O) groups excluding carboxylic acids is 2. The number of fused-ring (bicyclic) bond motifs is 6. The molecule has 0 unspecified atom stereocenters. The van der Waals surface area contributed by atoms with Gasteiger partial charge in [-0.15, -0.1) is 0 Å². The number of amides is 2. The van der Waals surface area contributed by atoms with Gasteiger partial charge in [0.2, 0.25) is 0 Å². The molecule has 0 radical (unpaired) electrons. The number of aromatic nitrogens is 2. The Bertz CT molecular complexity index is 1860. The lowest BCUT2D eigenvalue weighted by molar-refractivity contribution is 0.0250. The zero-order valence-electron chi connectivity index (χ0n) is 33.5. The van der Waals surface area contributed by atoms with Crippen LogP contribution in [-0.2, 0) is 30.7 Å². The van der Waals surface area contributed by atoms with Crippen molar-refractivity contribution in [3.63, 3.8) is 0 Å². The number of rotatable bonds is 8. The zero-order valence-corrected chi connectivity index (χ0v) is 33.5. The lowest BCUT2D eigenvalue weighted by Crippen LogP contribution is -2.53. The van der Waals surface area contributed by atoms with E-state index in [-0.39, 0.29) is 39.2 Å². The van der Waals surface area contributed by atoms with Gasteiger partial charge in [0.05, 0.1) is 6.33 Å². The van der Waals surface area contributed by atoms with Gasteiger partial charge in [-0.2, -0.15) is 0 Å². The van der Waals surface area contributed by atoms with Crippen molar-refractivity contribution in [3.05, 3.63) is 87.5 Å². The van der Waals surface area contributed by atoms with E-state index in [4.69, 9.17) is 0 Å². The molecule has 4 aliphatic carbocycles. The van der Waals surface area contributed by atoms with Crippen LogP contribution >= 0.6 is 0 Å². The van der Waals surface area contributed by atoms with Gasteiger partial charge in [-0.25, -0.2) is 4.98 Å². The van der Waals surface area contributed by atoms with E-state index in [1.807, 2.05) is 7.05 Å². The summed E-state index contributed by atoms with van der Waals surface area (Å²) in [7, 11) is 1.82. The molecule has 0 spiro atoms. The van der Waals surface area contributed by atoms with Gasteiger partial charge in [-0.3, -0.25) is 9.59 Å². The predicted molar refractivity (Wildman–Crippen MR) is 211 cm³/mol. The first kappa shape index (κ1) is 36.9. The molecule has 1 aromatic heterocycles. The summed E-state index contributed by atoms with van der Waals surface area (Å²) in [4.78, 5) is 32.4. The van der Waals surface area contributed by atoms with E-state index < -0.39 is 0 Å². The molecule has 280 valence electrons. The van der Waals surface area contributed by atoms with Crippen LogP contribution in [0.3, 0.4) is 0 Å². The Labute approximate surface area is 313 Å². The second-order valence-corrected chi connectivity index (χ2v) is 19.1. The van der Waals surface area contributed by atoms with E-state index in [0.29, 0.717) is 42.5 Å². The van der Waals surface area contributed by atoms with Crippen LogP contribution in [0.25, 0.3) is 0 Å². The fraction of sp³-hybridized carbons (Fsp3) is 0.630. The normalized spacial score (nSPS) is 31.0. The van der Waals surface area contributed by atoms with E-state index in [0.717, 1.165) is 51.4 Å². The summed E-state index contributed by atoms with van der Waals surface area (Å²) >= 11 is 0. The number of aryl methyl sites for hydroxylation is 3. The SMILES string of the molecule is CC(C)c1ccc2c(c1)CC[C@H]1[C@](C)(CNC(=O)c3ncn(C)c3C(=O)NC[C@]3(C)CCC[C@]4(C)c5ccc(C(C)C)cc5CC[C@@H]34)CCC[C@]21C. The Morgan fingerprint density at radius 3 is 1.65 bits per heavy atom. The molecule has 0 bridgehead atoms. The Hall–Kier alpha value is -3.41. The molecule has 6 atom stereocenters. The lowest BCUT2D eigenvalue weighted by Gasteiger charge is -2.55. The van der Waals surface area contributed by atoms with Crippen LogP contribution in [0, 0.1) is 22.7 Å². The van der Waals surface area contributed by atoms with Crippen LogP contribution in [-0.4, -0.2) is 34.5 Å². The predicted octanol–water partition coefficient (Wildman–Crippen LogP) is 9.55. The van der Waals surface area contributed by atoms with Gasteiger partial charge in [0, 0.05) is 20.1 Å². The van der Waals surface area contributed by atoms with Gasteiger partial charge in [0.15, 0.2) is 5.69 Å². The number of imidazole rings is 1. The third-order valence-corrected chi connectivity index (χ3v) is 15.0. The summed E-state index contributed by atoms with van der Waals surface area (Å²) in [6.45, 7) is 20.0. The molecule has 6 heteroatoms. The van der Waals surface area contributed by atoms with Crippen molar-refractivity contribution in [2.75, 3.05) is 13.1 Å². The molecule has 1 heterocycles. The quantitative estimate of drug-likeness (QED) is 0.245. The minimum absolute atomic E-state index is 0.0325. The van der Waals surface area contributed by atoms with Crippen LogP contribution < -0.4 is 10.6 Å². The molecule has 7 rings (SSSR count). The molecule has 2 fully saturated rings. The summed E-state index contributed by atoms with van der Waals surface area (Å²) in [6.07, 6.45) is 12.9. The van der Waals surface area contributed by atoms with Crippen molar-refractivity contribution >= 4 is 11.8 Å². The van der Waals surface area contributed by atoms with Crippen LogP contribution in [0.5, 0.6) is 0 Å². The first-order valence-corrected chi connectivity index (χ1v) is 20.4. The minimum Gasteiger partial charge on any atom is -0.350 e. The number of benzene rings is 2. The van der Waals surface area contributed by atoms with Crippen molar-refractivity contribution in [1.29, 1.82) is 0 Å². The van der Waals surface area contributed by atoms with E-state index in [2.05, 4.69) is 107 Å². The van der Waals surface area contributed by atoms with Gasteiger partial charge >= 0.3 is 0 Å². The van der Waals surface area contributed by atoms with E-state index in [1.165, 1.54) is 46.2 Å². The number of hydrogen-bond acceptors (Lipinski definition) is 3. The fourth-order valence-corrected chi connectivity index (χ4v) is 12.0. The molecular weight excluding hydrogens is 641 g/mol. The first-order valence-electron chi connectivity index (χ1n) is 20.4. The monoisotopic (exact) mass is 705 g/mol. The summed E-state index contributed by atoms with van der Waals surface area (Å²) in [5.41, 5.74) is 9.61. The van der Waals surface area contributed by atoms with Crippen LogP contribution in [0.4, 0.5) is 0 Å².